The Morgan fingerprint density at radius 1 is 0.783 bits per heavy atom. The number of alkyl halides is 12. The molecule has 0 aromatic carbocycles. The Labute approximate surface area is 120 Å². The summed E-state index contributed by atoms with van der Waals surface area (Å²) >= 11 is 0. The van der Waals surface area contributed by atoms with E-state index in [0.29, 0.717) is 0 Å². The van der Waals surface area contributed by atoms with Gasteiger partial charge in [-0.15, -0.1) is 6.42 Å². The number of ether oxygens (including phenoxy) is 1. The van der Waals surface area contributed by atoms with E-state index in [1.807, 2.05) is 0 Å². The highest BCUT2D eigenvalue weighted by molar-refractivity contribution is 5.09. The van der Waals surface area contributed by atoms with Gasteiger partial charge in [0.25, 0.3) is 0 Å². The van der Waals surface area contributed by atoms with Gasteiger partial charge in [-0.1, -0.05) is 5.92 Å². The van der Waals surface area contributed by atoms with Gasteiger partial charge in [-0.25, -0.2) is 8.78 Å². The minimum absolute atomic E-state index is 1.12. The average molecular weight is 370 g/mol. The molecular formula is C10H6F12O. The molecule has 0 aliphatic carbocycles. The van der Waals surface area contributed by atoms with Crippen molar-refractivity contribution >= 4 is 0 Å². The van der Waals surface area contributed by atoms with Gasteiger partial charge in [0, 0.05) is 0 Å². The van der Waals surface area contributed by atoms with Crippen LogP contribution in [-0.2, 0) is 4.74 Å². The summed E-state index contributed by atoms with van der Waals surface area (Å²) in [5.41, 5.74) is 0. The van der Waals surface area contributed by atoms with E-state index in [1.165, 1.54) is 5.92 Å². The maximum absolute atomic E-state index is 13.0. The van der Waals surface area contributed by atoms with Crippen molar-refractivity contribution in [3.63, 3.8) is 0 Å². The van der Waals surface area contributed by atoms with Crippen LogP contribution in [0.1, 0.15) is 0 Å². The lowest BCUT2D eigenvalue weighted by molar-refractivity contribution is -0.415. The van der Waals surface area contributed by atoms with Crippen LogP contribution in [0.15, 0.2) is 0 Å². The lowest BCUT2D eigenvalue weighted by Gasteiger charge is -2.38. The highest BCUT2D eigenvalue weighted by atomic mass is 19.4. The first-order valence-electron chi connectivity index (χ1n) is 5.19. The molecule has 0 heterocycles. The van der Waals surface area contributed by atoms with Crippen LogP contribution in [0.3, 0.4) is 0 Å². The molecule has 23 heavy (non-hydrogen) atoms. The lowest BCUT2D eigenvalue weighted by atomic mass is 9.94. The fourth-order valence-electron chi connectivity index (χ4n) is 1.10. The van der Waals surface area contributed by atoms with Crippen molar-refractivity contribution in [3.05, 3.63) is 0 Å². The topological polar surface area (TPSA) is 9.23 Å². The zero-order chi connectivity index (χ0) is 18.9. The van der Waals surface area contributed by atoms with Gasteiger partial charge >= 0.3 is 36.0 Å². The van der Waals surface area contributed by atoms with Gasteiger partial charge in [0.05, 0.1) is 0 Å². The highest BCUT2D eigenvalue weighted by Crippen LogP contribution is 2.58. The van der Waals surface area contributed by atoms with Gasteiger partial charge in [0.15, 0.2) is 0 Å². The number of halogens is 12. The fraction of sp³-hybridized carbons (Fsp3) is 0.800. The average Bonchev–Trinajstić information content (AvgIpc) is 2.37. The Morgan fingerprint density at radius 2 is 1.22 bits per heavy atom. The minimum Gasteiger partial charge on any atom is -0.362 e. The first-order valence-corrected chi connectivity index (χ1v) is 5.19. The normalized spacial score (nSPS) is 15.0. The fourth-order valence-corrected chi connectivity index (χ4v) is 1.10. The molecule has 0 amide bonds. The first-order chi connectivity index (χ1) is 10.0. The van der Waals surface area contributed by atoms with E-state index in [4.69, 9.17) is 0 Å². The molecule has 13 heteroatoms. The van der Waals surface area contributed by atoms with Crippen LogP contribution in [0.5, 0.6) is 0 Å². The molecular weight excluding hydrogens is 364 g/mol. The number of terminal acetylenes is 1. The van der Waals surface area contributed by atoms with Crippen molar-refractivity contribution in [2.45, 2.75) is 36.0 Å². The Bertz CT molecular complexity index is 449. The maximum atomic E-state index is 13.0. The molecule has 0 saturated heterocycles. The third kappa shape index (κ3) is 3.31. The van der Waals surface area contributed by atoms with Gasteiger partial charge in [-0.05, 0) is 0 Å². The molecule has 0 aliphatic heterocycles. The SMILES string of the molecule is C#CCOCC(F)(F)C(F)(F)C(F)(F)C(F)(F)C(F)(F)C(F)F. The molecule has 0 aromatic rings. The van der Waals surface area contributed by atoms with Gasteiger partial charge in [-0.2, -0.15) is 43.9 Å². The van der Waals surface area contributed by atoms with Crippen molar-refractivity contribution in [1.82, 2.24) is 0 Å². The molecule has 0 fully saturated rings. The smallest absolute Gasteiger partial charge is 0.362 e. The second-order valence-electron chi connectivity index (χ2n) is 4.05. The van der Waals surface area contributed by atoms with Crippen LogP contribution in [0, 0.1) is 12.3 Å². The van der Waals surface area contributed by atoms with E-state index >= 15 is 0 Å². The summed E-state index contributed by atoms with van der Waals surface area (Å²) in [6.07, 6.45) is -1.07. The third-order valence-electron chi connectivity index (χ3n) is 2.41. The van der Waals surface area contributed by atoms with E-state index in [9.17, 15) is 52.7 Å². The van der Waals surface area contributed by atoms with Crippen LogP contribution in [0.25, 0.3) is 0 Å². The first kappa shape index (κ1) is 21.7. The number of hydrogen-bond donors (Lipinski definition) is 0. The van der Waals surface area contributed by atoms with Gasteiger partial charge < -0.3 is 4.74 Å². The monoisotopic (exact) mass is 370 g/mol. The summed E-state index contributed by atoms with van der Waals surface area (Å²) in [6.45, 7) is -3.77. The quantitative estimate of drug-likeness (QED) is 0.356. The van der Waals surface area contributed by atoms with E-state index in [1.54, 1.807) is 0 Å². The largest absolute Gasteiger partial charge is 0.384 e. The number of hydrogen-bond acceptors (Lipinski definition) is 1. The molecule has 0 aromatic heterocycles. The Kier molecular flexibility index (Phi) is 5.93. The van der Waals surface area contributed by atoms with Crippen LogP contribution < -0.4 is 0 Å². The molecule has 0 N–H and O–H groups in total. The zero-order valence-electron chi connectivity index (χ0n) is 10.5. The lowest BCUT2D eigenvalue weighted by Crippen LogP contribution is -2.69. The molecule has 0 aliphatic rings. The predicted molar refractivity (Wildman–Crippen MR) is 50.4 cm³/mol. The van der Waals surface area contributed by atoms with E-state index in [2.05, 4.69) is 11.2 Å². The second kappa shape index (κ2) is 6.29. The van der Waals surface area contributed by atoms with Gasteiger partial charge in [0.1, 0.15) is 13.2 Å². The van der Waals surface area contributed by atoms with Crippen molar-refractivity contribution in [3.8, 4) is 12.3 Å². The third-order valence-corrected chi connectivity index (χ3v) is 2.41. The van der Waals surface area contributed by atoms with Crippen LogP contribution >= 0.6 is 0 Å². The van der Waals surface area contributed by atoms with E-state index in [0.717, 1.165) is 0 Å². The molecule has 0 atom stereocenters. The molecule has 0 unspecified atom stereocenters. The minimum atomic E-state index is -7.54. The molecule has 1 nitrogen and oxygen atoms in total. The van der Waals surface area contributed by atoms with E-state index in [-0.39, 0.29) is 0 Å². The van der Waals surface area contributed by atoms with Crippen molar-refractivity contribution in [2.75, 3.05) is 13.2 Å². The van der Waals surface area contributed by atoms with E-state index < -0.39 is 49.3 Å². The van der Waals surface area contributed by atoms with Crippen molar-refractivity contribution in [1.29, 1.82) is 0 Å². The molecule has 136 valence electrons. The van der Waals surface area contributed by atoms with Gasteiger partial charge in [0.2, 0.25) is 0 Å². The van der Waals surface area contributed by atoms with Crippen LogP contribution in [0.4, 0.5) is 52.7 Å². The maximum Gasteiger partial charge on any atom is 0.384 e. The summed E-state index contributed by atoms with van der Waals surface area (Å²) in [5, 5.41) is 0. The highest BCUT2D eigenvalue weighted by Gasteiger charge is 2.87. The molecule has 0 bridgehead atoms. The van der Waals surface area contributed by atoms with Crippen LogP contribution in [0.2, 0.25) is 0 Å². The van der Waals surface area contributed by atoms with Crippen LogP contribution in [-0.4, -0.2) is 49.3 Å². The Hall–Kier alpha value is -1.32. The summed E-state index contributed by atoms with van der Waals surface area (Å²) < 4.78 is 155. The van der Waals surface area contributed by atoms with Gasteiger partial charge in [-0.3, -0.25) is 0 Å². The Balaban J connectivity index is 5.83. The molecule has 0 radical (unpaired) electrons. The summed E-state index contributed by atoms with van der Waals surface area (Å²) in [5.74, 6) is -33.9. The zero-order valence-corrected chi connectivity index (χ0v) is 10.5. The standard InChI is InChI=1S/C10H6F12O/c1-2-3-23-4-6(13,14)8(17,18)10(21,22)9(19,20)7(15,16)5(11)12/h1,5H,3-4H2. The molecule has 0 saturated carbocycles. The summed E-state index contributed by atoms with van der Waals surface area (Å²) in [6, 6.07) is 0. The van der Waals surface area contributed by atoms with Crippen molar-refractivity contribution < 1.29 is 57.4 Å². The molecule has 0 rings (SSSR count). The predicted octanol–water partition coefficient (Wildman–Crippen LogP) is 4.08. The molecule has 0 spiro atoms. The van der Waals surface area contributed by atoms with Crippen molar-refractivity contribution in [2.24, 2.45) is 0 Å². The summed E-state index contributed by atoms with van der Waals surface area (Å²) in [4.78, 5) is 0. The summed E-state index contributed by atoms with van der Waals surface area (Å²) in [7, 11) is 0. The second-order valence-corrected chi connectivity index (χ2v) is 4.05. The number of rotatable bonds is 8. The Morgan fingerprint density at radius 3 is 1.57 bits per heavy atom.